The van der Waals surface area contributed by atoms with Crippen LogP contribution in [0.1, 0.15) is 49.9 Å². The van der Waals surface area contributed by atoms with E-state index in [0.717, 1.165) is 25.8 Å². The Labute approximate surface area is 143 Å². The van der Waals surface area contributed by atoms with E-state index in [1.54, 1.807) is 0 Å². The lowest BCUT2D eigenvalue weighted by atomic mass is 10.0. The number of nitrogens with one attached hydrogen (secondary N) is 1. The summed E-state index contributed by atoms with van der Waals surface area (Å²) in [5.74, 6) is -0.134. The van der Waals surface area contributed by atoms with Crippen molar-refractivity contribution in [1.29, 1.82) is 0 Å². The molecule has 0 aromatic heterocycles. The summed E-state index contributed by atoms with van der Waals surface area (Å²) in [6.07, 6.45) is 3.28. The molecule has 0 saturated carbocycles. The summed E-state index contributed by atoms with van der Waals surface area (Å²) in [5.41, 5.74) is 0.461. The summed E-state index contributed by atoms with van der Waals surface area (Å²) in [6.45, 7) is 4.27. The van der Waals surface area contributed by atoms with Gasteiger partial charge in [0.1, 0.15) is 0 Å². The average Bonchev–Trinajstić information content (AvgIpc) is 2.55. The molecule has 7 heteroatoms. The molecule has 6 nitrogen and oxygen atoms in total. The van der Waals surface area contributed by atoms with Crippen molar-refractivity contribution in [1.82, 2.24) is 9.62 Å². The zero-order chi connectivity index (χ0) is 17.7. The van der Waals surface area contributed by atoms with E-state index in [1.807, 2.05) is 11.8 Å². The number of carbonyl (C=O) groups excluding carboxylic acids is 2. The Hall–Kier alpha value is -1.73. The molecule has 2 rings (SSSR count). The summed E-state index contributed by atoms with van der Waals surface area (Å²) in [5, 5.41) is 0. The molecular weight excluding hydrogens is 328 g/mol. The van der Waals surface area contributed by atoms with Gasteiger partial charge in [-0.05, 0) is 45.2 Å². The van der Waals surface area contributed by atoms with E-state index in [4.69, 9.17) is 0 Å². The Balaban J connectivity index is 1.90. The second-order valence-corrected chi connectivity index (χ2v) is 7.93. The SMILES string of the molecule is CC(=O)c1ccc(S(=O)(=O)NCCC(=O)N2CCCCC2C)cc1. The Kier molecular flexibility index (Phi) is 6.12. The number of ketones is 1. The molecule has 1 aromatic rings. The third kappa shape index (κ3) is 4.64. The summed E-state index contributed by atoms with van der Waals surface area (Å²) in [7, 11) is -3.67. The lowest BCUT2D eigenvalue weighted by Gasteiger charge is -2.33. The zero-order valence-electron chi connectivity index (χ0n) is 14.1. The third-order valence-electron chi connectivity index (χ3n) is 4.33. The molecule has 1 aliphatic rings. The van der Waals surface area contributed by atoms with Gasteiger partial charge in [0.2, 0.25) is 15.9 Å². The highest BCUT2D eigenvalue weighted by molar-refractivity contribution is 7.89. The van der Waals surface area contributed by atoms with Gasteiger partial charge in [0.25, 0.3) is 0 Å². The summed E-state index contributed by atoms with van der Waals surface area (Å²) >= 11 is 0. The number of carbonyl (C=O) groups is 2. The van der Waals surface area contributed by atoms with Gasteiger partial charge >= 0.3 is 0 Å². The number of amides is 1. The maximum atomic E-state index is 12.2. The standard InChI is InChI=1S/C17H24N2O4S/c1-13-5-3-4-12-19(13)17(21)10-11-18-24(22,23)16-8-6-15(7-9-16)14(2)20/h6-9,13,18H,3-5,10-12H2,1-2H3. The van der Waals surface area contributed by atoms with Crippen molar-refractivity contribution in [3.05, 3.63) is 29.8 Å². The molecule has 1 aromatic carbocycles. The van der Waals surface area contributed by atoms with Crippen molar-refractivity contribution >= 4 is 21.7 Å². The highest BCUT2D eigenvalue weighted by Gasteiger charge is 2.23. The fourth-order valence-electron chi connectivity index (χ4n) is 2.86. The topological polar surface area (TPSA) is 83.5 Å². The van der Waals surface area contributed by atoms with E-state index < -0.39 is 10.0 Å². The Morgan fingerprint density at radius 2 is 1.88 bits per heavy atom. The molecule has 1 aliphatic heterocycles. The smallest absolute Gasteiger partial charge is 0.240 e. The van der Waals surface area contributed by atoms with Crippen LogP contribution < -0.4 is 4.72 Å². The summed E-state index contributed by atoms with van der Waals surface area (Å²) in [6, 6.07) is 5.98. The molecule has 1 N–H and O–H groups in total. The van der Waals surface area contributed by atoms with Crippen molar-refractivity contribution in [3.63, 3.8) is 0 Å². The van der Waals surface area contributed by atoms with Crippen molar-refractivity contribution in [2.45, 2.75) is 50.5 Å². The minimum Gasteiger partial charge on any atom is -0.340 e. The van der Waals surface area contributed by atoms with E-state index >= 15 is 0 Å². The monoisotopic (exact) mass is 352 g/mol. The number of benzene rings is 1. The molecule has 1 unspecified atom stereocenters. The molecule has 1 amide bonds. The first-order valence-corrected chi connectivity index (χ1v) is 9.70. The van der Waals surface area contributed by atoms with Crippen molar-refractivity contribution in [2.75, 3.05) is 13.1 Å². The second-order valence-electron chi connectivity index (χ2n) is 6.16. The predicted octanol–water partition coefficient (Wildman–Crippen LogP) is 1.96. The van der Waals surface area contributed by atoms with E-state index in [0.29, 0.717) is 5.56 Å². The molecule has 0 radical (unpaired) electrons. The number of Topliss-reactive ketones (excluding diaryl/α,β-unsaturated/α-hetero) is 1. The number of rotatable bonds is 6. The van der Waals surface area contributed by atoms with Crippen LogP contribution in [0.4, 0.5) is 0 Å². The lowest BCUT2D eigenvalue weighted by Crippen LogP contribution is -2.43. The van der Waals surface area contributed by atoms with Gasteiger partial charge in [0.05, 0.1) is 4.90 Å². The van der Waals surface area contributed by atoms with Gasteiger partial charge in [-0.25, -0.2) is 13.1 Å². The molecule has 132 valence electrons. The Morgan fingerprint density at radius 1 is 1.21 bits per heavy atom. The number of hydrogen-bond acceptors (Lipinski definition) is 4. The largest absolute Gasteiger partial charge is 0.340 e. The normalized spacial score (nSPS) is 18.4. The van der Waals surface area contributed by atoms with Crippen LogP contribution in [0.15, 0.2) is 29.2 Å². The first-order valence-electron chi connectivity index (χ1n) is 8.21. The van der Waals surface area contributed by atoms with Gasteiger partial charge in [-0.3, -0.25) is 9.59 Å². The van der Waals surface area contributed by atoms with Gasteiger partial charge < -0.3 is 4.90 Å². The van der Waals surface area contributed by atoms with Crippen LogP contribution >= 0.6 is 0 Å². The van der Waals surface area contributed by atoms with Gasteiger partial charge in [-0.2, -0.15) is 0 Å². The summed E-state index contributed by atoms with van der Waals surface area (Å²) < 4.78 is 26.9. The maximum Gasteiger partial charge on any atom is 0.240 e. The van der Waals surface area contributed by atoms with Crippen molar-refractivity contribution in [3.8, 4) is 0 Å². The number of likely N-dealkylation sites (tertiary alicyclic amines) is 1. The third-order valence-corrected chi connectivity index (χ3v) is 5.80. The van der Waals surface area contributed by atoms with Crippen LogP contribution in [-0.4, -0.2) is 44.1 Å². The quantitative estimate of drug-likeness (QED) is 0.793. The van der Waals surface area contributed by atoms with Crippen molar-refractivity contribution in [2.24, 2.45) is 0 Å². The highest BCUT2D eigenvalue weighted by Crippen LogP contribution is 2.17. The molecule has 24 heavy (non-hydrogen) atoms. The van der Waals surface area contributed by atoms with Crippen LogP contribution in [0, 0.1) is 0 Å². The molecule has 0 bridgehead atoms. The Morgan fingerprint density at radius 3 is 2.46 bits per heavy atom. The number of hydrogen-bond donors (Lipinski definition) is 1. The first kappa shape index (κ1) is 18.6. The molecule has 1 fully saturated rings. The van der Waals surface area contributed by atoms with Gasteiger partial charge in [0, 0.05) is 31.1 Å². The van der Waals surface area contributed by atoms with Crippen molar-refractivity contribution < 1.29 is 18.0 Å². The minimum absolute atomic E-state index is 0.0168. The van der Waals surface area contributed by atoms with E-state index in [-0.39, 0.29) is 35.6 Å². The van der Waals surface area contributed by atoms with E-state index in [2.05, 4.69) is 4.72 Å². The molecule has 1 heterocycles. The van der Waals surface area contributed by atoms with Gasteiger partial charge in [-0.1, -0.05) is 12.1 Å². The fraction of sp³-hybridized carbons (Fsp3) is 0.529. The molecule has 1 atom stereocenters. The predicted molar refractivity (Wildman–Crippen MR) is 91.3 cm³/mol. The van der Waals surface area contributed by atoms with E-state index in [1.165, 1.54) is 31.2 Å². The maximum absolute atomic E-state index is 12.2. The van der Waals surface area contributed by atoms with Gasteiger partial charge in [0.15, 0.2) is 5.78 Å². The van der Waals surface area contributed by atoms with Crippen LogP contribution in [0.3, 0.4) is 0 Å². The number of sulfonamides is 1. The minimum atomic E-state index is -3.67. The van der Waals surface area contributed by atoms with E-state index in [9.17, 15) is 18.0 Å². The van der Waals surface area contributed by atoms with Crippen LogP contribution in [0.5, 0.6) is 0 Å². The highest BCUT2D eigenvalue weighted by atomic mass is 32.2. The molecular formula is C17H24N2O4S. The average molecular weight is 352 g/mol. The van der Waals surface area contributed by atoms with Crippen LogP contribution in [0.25, 0.3) is 0 Å². The number of piperidine rings is 1. The first-order chi connectivity index (χ1) is 11.3. The lowest BCUT2D eigenvalue weighted by molar-refractivity contribution is -0.134. The summed E-state index contributed by atoms with van der Waals surface area (Å²) in [4.78, 5) is 25.3. The zero-order valence-corrected chi connectivity index (χ0v) is 14.9. The fourth-order valence-corrected chi connectivity index (χ4v) is 3.89. The number of nitrogens with zero attached hydrogens (tertiary/aromatic N) is 1. The molecule has 0 aliphatic carbocycles. The second kappa shape index (κ2) is 7.90. The van der Waals surface area contributed by atoms with Crippen LogP contribution in [0.2, 0.25) is 0 Å². The Bertz CT molecular complexity index is 698. The molecule has 0 spiro atoms. The van der Waals surface area contributed by atoms with Crippen LogP contribution in [-0.2, 0) is 14.8 Å². The van der Waals surface area contributed by atoms with Gasteiger partial charge in [-0.15, -0.1) is 0 Å². The molecule has 1 saturated heterocycles.